The maximum atomic E-state index is 12.1. The molecule has 20 heavy (non-hydrogen) atoms. The highest BCUT2D eigenvalue weighted by atomic mass is 31.2. The molecule has 0 amide bonds. The Morgan fingerprint density at radius 2 is 1.70 bits per heavy atom. The van der Waals surface area contributed by atoms with Crippen LogP contribution in [0.3, 0.4) is 0 Å². The fourth-order valence-electron chi connectivity index (χ4n) is 3.04. The molecule has 0 aromatic heterocycles. The van der Waals surface area contributed by atoms with Crippen LogP contribution in [-0.2, 0) is 9.72 Å². The molecule has 6 nitrogen and oxygen atoms in total. The van der Waals surface area contributed by atoms with Crippen molar-refractivity contribution in [2.75, 3.05) is 0 Å². The van der Waals surface area contributed by atoms with E-state index < -0.39 is 17.7 Å². The number of nitro benzene ring substituents is 1. The zero-order valence-corrected chi connectivity index (χ0v) is 12.9. The Balaban J connectivity index is 3.66. The second-order valence-corrected chi connectivity index (χ2v) is 7.31. The zero-order chi connectivity index (χ0) is 15.7. The normalized spacial score (nSPS) is 13.0. The SMILES string of the molecule is CC(C)C(c1cccc([N+](=O)[O-])c1)(C(C)C)P(=O)(O)O. The van der Waals surface area contributed by atoms with Crippen LogP contribution in [0.2, 0.25) is 0 Å². The Morgan fingerprint density at radius 1 is 1.20 bits per heavy atom. The number of nitro groups is 1. The first-order valence-corrected chi connectivity index (χ1v) is 7.97. The quantitative estimate of drug-likeness (QED) is 0.494. The van der Waals surface area contributed by atoms with E-state index in [0.29, 0.717) is 5.56 Å². The van der Waals surface area contributed by atoms with Gasteiger partial charge in [0.25, 0.3) is 5.69 Å². The number of hydrogen-bond acceptors (Lipinski definition) is 3. The summed E-state index contributed by atoms with van der Waals surface area (Å²) in [5, 5.41) is 9.45. The van der Waals surface area contributed by atoms with Gasteiger partial charge in [0, 0.05) is 12.1 Å². The third kappa shape index (κ3) is 2.64. The molecule has 0 fully saturated rings. The molecule has 0 aliphatic carbocycles. The van der Waals surface area contributed by atoms with Gasteiger partial charge in [-0.1, -0.05) is 39.8 Å². The van der Waals surface area contributed by atoms with E-state index in [-0.39, 0.29) is 17.5 Å². The second kappa shape index (κ2) is 5.64. The first kappa shape index (κ1) is 16.8. The summed E-state index contributed by atoms with van der Waals surface area (Å²) < 4.78 is 12.1. The monoisotopic (exact) mass is 301 g/mol. The van der Waals surface area contributed by atoms with Crippen molar-refractivity contribution in [2.45, 2.75) is 32.9 Å². The minimum Gasteiger partial charge on any atom is -0.324 e. The average molecular weight is 301 g/mol. The lowest BCUT2D eigenvalue weighted by Crippen LogP contribution is -2.37. The smallest absolute Gasteiger partial charge is 0.324 e. The molecular formula is C13H20NO5P. The van der Waals surface area contributed by atoms with Crippen molar-refractivity contribution in [3.8, 4) is 0 Å². The molecule has 0 spiro atoms. The molecule has 7 heteroatoms. The van der Waals surface area contributed by atoms with Gasteiger partial charge in [0.2, 0.25) is 0 Å². The summed E-state index contributed by atoms with van der Waals surface area (Å²) in [7, 11) is -4.51. The highest BCUT2D eigenvalue weighted by Gasteiger charge is 2.53. The van der Waals surface area contributed by atoms with E-state index in [2.05, 4.69) is 0 Å². The van der Waals surface area contributed by atoms with Gasteiger partial charge in [-0.05, 0) is 17.4 Å². The molecule has 0 bridgehead atoms. The largest absolute Gasteiger partial charge is 0.336 e. The topological polar surface area (TPSA) is 101 Å². The van der Waals surface area contributed by atoms with Crippen LogP contribution in [0.1, 0.15) is 33.3 Å². The van der Waals surface area contributed by atoms with Crippen molar-refractivity contribution in [2.24, 2.45) is 11.8 Å². The van der Waals surface area contributed by atoms with Crippen molar-refractivity contribution in [3.05, 3.63) is 39.9 Å². The Kier molecular flexibility index (Phi) is 4.74. The Morgan fingerprint density at radius 3 is 2.05 bits per heavy atom. The Labute approximate surface area is 118 Å². The van der Waals surface area contributed by atoms with Gasteiger partial charge in [-0.3, -0.25) is 14.7 Å². The Hall–Kier alpha value is -1.23. The maximum Gasteiger partial charge on any atom is 0.336 e. The lowest BCUT2D eigenvalue weighted by atomic mass is 9.78. The number of rotatable bonds is 5. The van der Waals surface area contributed by atoms with E-state index in [1.165, 1.54) is 18.2 Å². The molecule has 0 saturated heterocycles. The van der Waals surface area contributed by atoms with E-state index in [9.17, 15) is 24.5 Å². The van der Waals surface area contributed by atoms with Crippen LogP contribution >= 0.6 is 7.60 Å². The molecule has 0 aliphatic heterocycles. The maximum absolute atomic E-state index is 12.1. The molecule has 0 aliphatic rings. The van der Waals surface area contributed by atoms with Crippen molar-refractivity contribution in [1.82, 2.24) is 0 Å². The molecular weight excluding hydrogens is 281 g/mol. The number of non-ortho nitro benzene ring substituents is 1. The summed E-state index contributed by atoms with van der Waals surface area (Å²) in [6.45, 7) is 6.88. The third-order valence-corrected chi connectivity index (χ3v) is 6.02. The molecule has 0 unspecified atom stereocenters. The van der Waals surface area contributed by atoms with Crippen molar-refractivity contribution >= 4 is 13.3 Å². The average Bonchev–Trinajstić information content (AvgIpc) is 2.26. The van der Waals surface area contributed by atoms with E-state index >= 15 is 0 Å². The van der Waals surface area contributed by atoms with Gasteiger partial charge in [-0.25, -0.2) is 0 Å². The first-order chi connectivity index (χ1) is 9.05. The summed E-state index contributed by atoms with van der Waals surface area (Å²) in [5.74, 6) is -0.740. The van der Waals surface area contributed by atoms with E-state index in [0.717, 1.165) is 0 Å². The Bertz CT molecular complexity index is 541. The van der Waals surface area contributed by atoms with Crippen LogP contribution in [-0.4, -0.2) is 14.7 Å². The summed E-state index contributed by atoms with van der Waals surface area (Å²) >= 11 is 0. The molecule has 112 valence electrons. The molecule has 0 atom stereocenters. The van der Waals surface area contributed by atoms with Gasteiger partial charge in [0.05, 0.1) is 4.92 Å². The highest BCUT2D eigenvalue weighted by Crippen LogP contribution is 2.64. The number of benzene rings is 1. The fourth-order valence-corrected chi connectivity index (χ4v) is 4.86. The van der Waals surface area contributed by atoms with Crippen LogP contribution < -0.4 is 0 Å². The summed E-state index contributed by atoms with van der Waals surface area (Å²) in [6, 6.07) is 5.59. The third-order valence-electron chi connectivity index (χ3n) is 3.76. The van der Waals surface area contributed by atoms with E-state index in [4.69, 9.17) is 0 Å². The minimum atomic E-state index is -4.51. The molecule has 0 saturated carbocycles. The van der Waals surface area contributed by atoms with Gasteiger partial charge in [-0.15, -0.1) is 0 Å². The van der Waals surface area contributed by atoms with Gasteiger partial charge >= 0.3 is 7.60 Å². The lowest BCUT2D eigenvalue weighted by molar-refractivity contribution is -0.385. The summed E-state index contributed by atoms with van der Waals surface area (Å²) in [5.41, 5.74) is 0.145. The predicted molar refractivity (Wildman–Crippen MR) is 76.5 cm³/mol. The molecule has 0 heterocycles. The molecule has 1 rings (SSSR count). The van der Waals surface area contributed by atoms with Gasteiger partial charge in [0.15, 0.2) is 0 Å². The molecule has 1 aromatic rings. The van der Waals surface area contributed by atoms with Crippen molar-refractivity contribution in [1.29, 1.82) is 0 Å². The van der Waals surface area contributed by atoms with Gasteiger partial charge in [0.1, 0.15) is 5.16 Å². The van der Waals surface area contributed by atoms with Crippen LogP contribution in [0, 0.1) is 22.0 Å². The lowest BCUT2D eigenvalue weighted by Gasteiger charge is -2.41. The zero-order valence-electron chi connectivity index (χ0n) is 12.0. The van der Waals surface area contributed by atoms with Gasteiger partial charge in [-0.2, -0.15) is 0 Å². The van der Waals surface area contributed by atoms with Gasteiger partial charge < -0.3 is 9.79 Å². The number of nitrogens with zero attached hydrogens (tertiary/aromatic N) is 1. The standard InChI is InChI=1S/C13H20NO5P/c1-9(2)13(10(3)4,20(17,18)19)11-6-5-7-12(8-11)14(15)16/h5-10H,1-4H3,(H2,17,18,19). The summed E-state index contributed by atoms with van der Waals surface area (Å²) in [4.78, 5) is 30.1. The van der Waals surface area contributed by atoms with Crippen LogP contribution in [0.5, 0.6) is 0 Å². The first-order valence-electron chi connectivity index (χ1n) is 6.35. The van der Waals surface area contributed by atoms with Crippen LogP contribution in [0.15, 0.2) is 24.3 Å². The number of hydrogen-bond donors (Lipinski definition) is 2. The van der Waals surface area contributed by atoms with E-state index in [1.54, 1.807) is 33.8 Å². The minimum absolute atomic E-state index is 0.165. The predicted octanol–water partition coefficient (Wildman–Crippen LogP) is 3.28. The summed E-state index contributed by atoms with van der Waals surface area (Å²) in [6.07, 6.45) is 0. The fraction of sp³-hybridized carbons (Fsp3) is 0.538. The van der Waals surface area contributed by atoms with Crippen LogP contribution in [0.25, 0.3) is 0 Å². The van der Waals surface area contributed by atoms with Crippen molar-refractivity contribution in [3.63, 3.8) is 0 Å². The van der Waals surface area contributed by atoms with Crippen LogP contribution in [0.4, 0.5) is 5.69 Å². The van der Waals surface area contributed by atoms with E-state index in [1.807, 2.05) is 0 Å². The molecule has 1 aromatic carbocycles. The van der Waals surface area contributed by atoms with Crippen molar-refractivity contribution < 1.29 is 19.3 Å². The molecule has 0 radical (unpaired) electrons. The molecule has 2 N–H and O–H groups in total. The highest BCUT2D eigenvalue weighted by molar-refractivity contribution is 7.53. The second-order valence-electron chi connectivity index (χ2n) is 5.49.